The van der Waals surface area contributed by atoms with Gasteiger partial charge in [0.1, 0.15) is 0 Å². The minimum absolute atomic E-state index is 1.13. The lowest BCUT2D eigenvalue weighted by molar-refractivity contribution is 1.59. The van der Waals surface area contributed by atoms with Gasteiger partial charge in [-0.05, 0) is 39.0 Å². The van der Waals surface area contributed by atoms with Crippen molar-refractivity contribution in [2.45, 2.75) is 0 Å². The van der Waals surface area contributed by atoms with Crippen LogP contribution in [0.3, 0.4) is 0 Å². The molecule has 0 aliphatic rings. The number of allylic oxidation sites excluding steroid dienone is 10. The highest BCUT2D eigenvalue weighted by atomic mass is 14.0. The molecule has 0 saturated heterocycles. The van der Waals surface area contributed by atoms with Gasteiger partial charge in [-0.3, -0.25) is 0 Å². The van der Waals surface area contributed by atoms with Gasteiger partial charge >= 0.3 is 0 Å². The Bertz CT molecular complexity index is 1380. The minimum Gasteiger partial charge on any atom is -0.0990 e. The molecule has 4 aromatic rings. The first-order chi connectivity index (χ1) is 17.8. The summed E-state index contributed by atoms with van der Waals surface area (Å²) in [5, 5.41) is 0. The van der Waals surface area contributed by atoms with Crippen molar-refractivity contribution in [3.8, 4) is 11.1 Å². The quantitative estimate of drug-likeness (QED) is 0.217. The molecule has 0 heteroatoms. The maximum Gasteiger partial charge on any atom is -0.0184 e. The third-order valence-electron chi connectivity index (χ3n) is 5.76. The molecule has 0 radical (unpaired) electrons. The summed E-state index contributed by atoms with van der Waals surface area (Å²) in [6.07, 6.45) is 18.6. The topological polar surface area (TPSA) is 0 Å². The second-order valence-corrected chi connectivity index (χ2v) is 8.28. The predicted molar refractivity (Wildman–Crippen MR) is 158 cm³/mol. The molecule has 174 valence electrons. The van der Waals surface area contributed by atoms with Gasteiger partial charge in [-0.25, -0.2) is 0 Å². The van der Waals surface area contributed by atoms with Crippen LogP contribution in [-0.4, -0.2) is 0 Å². The normalized spacial score (nSPS) is 12.6. The molecule has 0 heterocycles. The van der Waals surface area contributed by atoms with E-state index in [0.717, 1.165) is 11.1 Å². The monoisotopic (exact) mass is 462 g/mol. The molecule has 0 amide bonds. The molecule has 0 aromatic heterocycles. The molecular formula is C36H30. The van der Waals surface area contributed by atoms with Crippen molar-refractivity contribution >= 4 is 17.2 Å². The van der Waals surface area contributed by atoms with E-state index in [2.05, 4.69) is 134 Å². The first kappa shape index (κ1) is 24.4. The largest absolute Gasteiger partial charge is 0.0990 e. The van der Waals surface area contributed by atoms with E-state index in [1.807, 2.05) is 42.5 Å². The first-order valence-corrected chi connectivity index (χ1v) is 12.2. The van der Waals surface area contributed by atoms with Crippen molar-refractivity contribution in [2.24, 2.45) is 0 Å². The molecule has 0 spiro atoms. The number of rotatable bonds is 9. The van der Waals surface area contributed by atoms with Crippen LogP contribution in [0.5, 0.6) is 0 Å². The lowest BCUT2D eigenvalue weighted by Gasteiger charge is -2.03. The molecule has 0 aliphatic heterocycles. The van der Waals surface area contributed by atoms with Crippen molar-refractivity contribution < 1.29 is 0 Å². The van der Waals surface area contributed by atoms with E-state index in [1.165, 1.54) is 27.8 Å². The minimum atomic E-state index is 1.13. The summed E-state index contributed by atoms with van der Waals surface area (Å²) in [6.45, 7) is 3.85. The molecule has 0 N–H and O–H groups in total. The van der Waals surface area contributed by atoms with Gasteiger partial charge in [0, 0.05) is 0 Å². The lowest BCUT2D eigenvalue weighted by atomic mass is 10.0. The highest BCUT2D eigenvalue weighted by Gasteiger charge is 1.98. The molecule has 4 rings (SSSR count). The van der Waals surface area contributed by atoms with E-state index in [9.17, 15) is 0 Å². The van der Waals surface area contributed by atoms with E-state index in [4.69, 9.17) is 0 Å². The van der Waals surface area contributed by atoms with Crippen LogP contribution in [0, 0.1) is 0 Å². The Balaban J connectivity index is 1.51. The Morgan fingerprint density at radius 2 is 1.00 bits per heavy atom. The van der Waals surface area contributed by atoms with Crippen molar-refractivity contribution in [2.75, 3.05) is 0 Å². The smallest absolute Gasteiger partial charge is 0.0184 e. The van der Waals surface area contributed by atoms with Crippen LogP contribution in [0.25, 0.3) is 28.3 Å². The zero-order valence-corrected chi connectivity index (χ0v) is 20.4. The summed E-state index contributed by atoms with van der Waals surface area (Å²) < 4.78 is 0. The van der Waals surface area contributed by atoms with Crippen molar-refractivity contribution in [3.63, 3.8) is 0 Å². The first-order valence-electron chi connectivity index (χ1n) is 12.2. The maximum absolute atomic E-state index is 3.85. The summed E-state index contributed by atoms with van der Waals surface area (Å²) >= 11 is 0. The van der Waals surface area contributed by atoms with E-state index >= 15 is 0 Å². The van der Waals surface area contributed by atoms with Gasteiger partial charge in [-0.2, -0.15) is 0 Å². The van der Waals surface area contributed by atoms with Gasteiger partial charge in [0.05, 0.1) is 0 Å². The van der Waals surface area contributed by atoms with Crippen molar-refractivity contribution in [1.29, 1.82) is 0 Å². The molecule has 36 heavy (non-hydrogen) atoms. The van der Waals surface area contributed by atoms with Crippen molar-refractivity contribution in [3.05, 3.63) is 187 Å². The van der Waals surface area contributed by atoms with Crippen LogP contribution >= 0.6 is 0 Å². The summed E-state index contributed by atoms with van der Waals surface area (Å²) in [5.41, 5.74) is 8.25. The Kier molecular flexibility index (Phi) is 9.01. The number of benzene rings is 4. The molecular weight excluding hydrogens is 432 g/mol. The van der Waals surface area contributed by atoms with Gasteiger partial charge < -0.3 is 0 Å². The average Bonchev–Trinajstić information content (AvgIpc) is 2.95. The summed E-state index contributed by atoms with van der Waals surface area (Å²) in [4.78, 5) is 0. The molecule has 0 aliphatic carbocycles. The fourth-order valence-corrected chi connectivity index (χ4v) is 3.87. The van der Waals surface area contributed by atoms with Gasteiger partial charge in [0.25, 0.3) is 0 Å². The van der Waals surface area contributed by atoms with Crippen molar-refractivity contribution in [1.82, 2.24) is 0 Å². The zero-order chi connectivity index (χ0) is 24.8. The van der Waals surface area contributed by atoms with Crippen LogP contribution < -0.4 is 0 Å². The molecule has 0 fully saturated rings. The average molecular weight is 463 g/mol. The van der Waals surface area contributed by atoms with Crippen LogP contribution in [-0.2, 0) is 0 Å². The second kappa shape index (κ2) is 13.3. The van der Waals surface area contributed by atoms with E-state index < -0.39 is 0 Å². The second-order valence-electron chi connectivity index (χ2n) is 8.28. The third-order valence-corrected chi connectivity index (χ3v) is 5.76. The van der Waals surface area contributed by atoms with Crippen LogP contribution in [0.1, 0.15) is 16.7 Å². The Morgan fingerprint density at radius 3 is 1.58 bits per heavy atom. The molecule has 4 aromatic carbocycles. The molecule has 0 saturated carbocycles. The molecule has 0 atom stereocenters. The lowest BCUT2D eigenvalue weighted by Crippen LogP contribution is -1.81. The molecule has 0 unspecified atom stereocenters. The maximum atomic E-state index is 3.85. The predicted octanol–water partition coefficient (Wildman–Crippen LogP) is 9.83. The zero-order valence-electron chi connectivity index (χ0n) is 20.4. The molecule has 0 bridgehead atoms. The van der Waals surface area contributed by atoms with Gasteiger partial charge in [-0.15, -0.1) is 0 Å². The number of hydrogen-bond donors (Lipinski definition) is 0. The van der Waals surface area contributed by atoms with Gasteiger partial charge in [0.15, 0.2) is 0 Å². The third kappa shape index (κ3) is 7.16. The van der Waals surface area contributed by atoms with E-state index in [1.54, 1.807) is 0 Å². The Morgan fingerprint density at radius 1 is 0.472 bits per heavy atom. The summed E-state index contributed by atoms with van der Waals surface area (Å²) in [6, 6.07) is 39.9. The fraction of sp³-hybridized carbons (Fsp3) is 0. The molecule has 0 nitrogen and oxygen atoms in total. The fourth-order valence-electron chi connectivity index (χ4n) is 3.87. The van der Waals surface area contributed by atoms with Crippen LogP contribution in [0.15, 0.2) is 170 Å². The highest BCUT2D eigenvalue weighted by molar-refractivity contribution is 5.80. The Labute approximate surface area is 215 Å². The highest BCUT2D eigenvalue weighted by Crippen LogP contribution is 2.22. The summed E-state index contributed by atoms with van der Waals surface area (Å²) in [5.74, 6) is 0. The van der Waals surface area contributed by atoms with E-state index in [0.29, 0.717) is 0 Å². The van der Waals surface area contributed by atoms with Crippen LogP contribution in [0.4, 0.5) is 0 Å². The summed E-state index contributed by atoms with van der Waals surface area (Å²) in [7, 11) is 0. The SMILES string of the molecule is C=C\C=C(/C=C\C=C\C=C(/C=C\c1ccc(-c2ccccc2)cc1)c1ccccc1)c1ccccc1. The van der Waals surface area contributed by atoms with E-state index in [-0.39, 0.29) is 0 Å². The van der Waals surface area contributed by atoms with Gasteiger partial charge in [-0.1, -0.05) is 177 Å². The standard InChI is InChI=1S/C36H30/c1-2-15-31(32-17-8-4-9-18-32)16-7-3-14-23-35(33-19-10-5-11-20-33)27-24-30-25-28-36(29-26-30)34-21-12-6-13-22-34/h2-29H,1H2/b14-3+,16-7-,27-24-,31-15+,35-23+. The Hall–Kier alpha value is -4.68. The van der Waals surface area contributed by atoms with Crippen LogP contribution in [0.2, 0.25) is 0 Å². The number of hydrogen-bond acceptors (Lipinski definition) is 0. The van der Waals surface area contributed by atoms with Gasteiger partial charge in [0.2, 0.25) is 0 Å².